The molecule has 1 rings (SSSR count). The van der Waals surface area contributed by atoms with Gasteiger partial charge in [0, 0.05) is 12.0 Å². The third-order valence-corrected chi connectivity index (χ3v) is 3.20. The Kier molecular flexibility index (Phi) is 4.90. The molecule has 0 amide bonds. The minimum absolute atomic E-state index is 0.119. The fourth-order valence-electron chi connectivity index (χ4n) is 1.21. The van der Waals surface area contributed by atoms with Gasteiger partial charge in [-0.2, -0.15) is 0 Å². The highest BCUT2D eigenvalue weighted by atomic mass is 32.1. The lowest BCUT2D eigenvalue weighted by molar-refractivity contribution is 0.104. The van der Waals surface area contributed by atoms with Crippen molar-refractivity contribution in [1.29, 1.82) is 0 Å². The van der Waals surface area contributed by atoms with Gasteiger partial charge in [0.1, 0.15) is 0 Å². The number of thiocarbonyl (C=S) groups is 1. The van der Waals surface area contributed by atoms with Gasteiger partial charge in [0.05, 0.1) is 11.6 Å². The van der Waals surface area contributed by atoms with E-state index in [9.17, 15) is 0 Å². The topological polar surface area (TPSA) is 35.2 Å². The molecule has 0 aliphatic rings. The van der Waals surface area contributed by atoms with Gasteiger partial charge in [0.2, 0.25) is 0 Å². The average molecular weight is 237 g/mol. The molecule has 0 radical (unpaired) electrons. The molecular weight excluding hydrogens is 218 g/mol. The van der Waals surface area contributed by atoms with Crippen LogP contribution in [0.3, 0.4) is 0 Å². The Morgan fingerprint density at radius 3 is 2.50 bits per heavy atom. The van der Waals surface area contributed by atoms with Crippen LogP contribution in [0.5, 0.6) is 0 Å². The van der Waals surface area contributed by atoms with Crippen LogP contribution in [-0.2, 0) is 11.3 Å². The van der Waals surface area contributed by atoms with Crippen molar-refractivity contribution in [2.45, 2.75) is 26.9 Å². The average Bonchev–Trinajstić information content (AvgIpc) is 2.26. The van der Waals surface area contributed by atoms with Gasteiger partial charge in [0.15, 0.2) is 0 Å². The summed E-state index contributed by atoms with van der Waals surface area (Å²) in [6.07, 6.45) is 0.856. The van der Waals surface area contributed by atoms with Crippen LogP contribution < -0.4 is 5.73 Å². The Balaban J connectivity index is 2.25. The quantitative estimate of drug-likeness (QED) is 0.610. The third-order valence-electron chi connectivity index (χ3n) is 2.65. The maximum absolute atomic E-state index is 5.64. The Morgan fingerprint density at radius 2 is 1.94 bits per heavy atom. The number of hydrogen-bond acceptors (Lipinski definition) is 2. The Labute approximate surface area is 103 Å². The number of ether oxygens (including phenoxy) is 1. The highest BCUT2D eigenvalue weighted by Crippen LogP contribution is 2.20. The monoisotopic (exact) mass is 237 g/mol. The van der Waals surface area contributed by atoms with Crippen LogP contribution in [0.25, 0.3) is 0 Å². The first-order valence-corrected chi connectivity index (χ1v) is 5.85. The molecule has 0 saturated carbocycles. The summed E-state index contributed by atoms with van der Waals surface area (Å²) in [5.74, 6) is 0. The van der Waals surface area contributed by atoms with Gasteiger partial charge in [-0.05, 0) is 12.0 Å². The second-order valence-electron chi connectivity index (χ2n) is 4.54. The van der Waals surface area contributed by atoms with Crippen LogP contribution in [0.15, 0.2) is 30.3 Å². The lowest BCUT2D eigenvalue weighted by atomic mass is 9.90. The van der Waals surface area contributed by atoms with E-state index in [1.807, 2.05) is 32.0 Å². The molecule has 88 valence electrons. The second kappa shape index (κ2) is 5.97. The highest BCUT2D eigenvalue weighted by Gasteiger charge is 2.20. The van der Waals surface area contributed by atoms with Crippen molar-refractivity contribution >= 4 is 17.2 Å². The van der Waals surface area contributed by atoms with Gasteiger partial charge in [0.25, 0.3) is 0 Å². The Morgan fingerprint density at radius 1 is 1.31 bits per heavy atom. The van der Waals surface area contributed by atoms with Gasteiger partial charge in [-0.3, -0.25) is 0 Å². The molecule has 3 heteroatoms. The summed E-state index contributed by atoms with van der Waals surface area (Å²) in [5.41, 5.74) is 6.71. The standard InChI is InChI=1S/C13H19NOS/c1-13(2,12(14)16)8-9-15-10-11-6-4-3-5-7-11/h3-7H,8-10H2,1-2H3,(H2,14,16). The lowest BCUT2D eigenvalue weighted by Gasteiger charge is -2.22. The van der Waals surface area contributed by atoms with Gasteiger partial charge in [-0.1, -0.05) is 56.4 Å². The van der Waals surface area contributed by atoms with Crippen molar-refractivity contribution in [2.24, 2.45) is 11.1 Å². The highest BCUT2D eigenvalue weighted by molar-refractivity contribution is 7.80. The molecule has 2 N–H and O–H groups in total. The van der Waals surface area contributed by atoms with Crippen LogP contribution in [0.2, 0.25) is 0 Å². The van der Waals surface area contributed by atoms with E-state index in [0.29, 0.717) is 18.2 Å². The van der Waals surface area contributed by atoms with Crippen LogP contribution in [-0.4, -0.2) is 11.6 Å². The molecule has 0 aliphatic heterocycles. The molecule has 0 saturated heterocycles. The first-order valence-electron chi connectivity index (χ1n) is 5.44. The molecule has 16 heavy (non-hydrogen) atoms. The van der Waals surface area contributed by atoms with E-state index in [2.05, 4.69) is 12.1 Å². The second-order valence-corrected chi connectivity index (χ2v) is 4.98. The maximum Gasteiger partial charge on any atom is 0.0785 e. The van der Waals surface area contributed by atoms with Gasteiger partial charge in [-0.25, -0.2) is 0 Å². The normalized spacial score (nSPS) is 11.4. The van der Waals surface area contributed by atoms with Crippen molar-refractivity contribution in [1.82, 2.24) is 0 Å². The van der Waals surface area contributed by atoms with Crippen molar-refractivity contribution in [3.05, 3.63) is 35.9 Å². The number of nitrogens with two attached hydrogens (primary N) is 1. The largest absolute Gasteiger partial charge is 0.393 e. The molecule has 1 aromatic carbocycles. The van der Waals surface area contributed by atoms with E-state index in [4.69, 9.17) is 22.7 Å². The molecule has 0 aliphatic carbocycles. The molecular formula is C13H19NOS. The van der Waals surface area contributed by atoms with Crippen molar-refractivity contribution in [3.63, 3.8) is 0 Å². The summed E-state index contributed by atoms with van der Waals surface area (Å²) >= 11 is 5.00. The van der Waals surface area contributed by atoms with Crippen molar-refractivity contribution < 1.29 is 4.74 Å². The zero-order valence-corrected chi connectivity index (χ0v) is 10.7. The summed E-state index contributed by atoms with van der Waals surface area (Å²) in [6, 6.07) is 10.1. The van der Waals surface area contributed by atoms with E-state index in [1.165, 1.54) is 5.56 Å². The lowest BCUT2D eigenvalue weighted by Crippen LogP contribution is -2.30. The molecule has 2 nitrogen and oxygen atoms in total. The number of rotatable bonds is 6. The fraction of sp³-hybridized carbons (Fsp3) is 0.462. The van der Waals surface area contributed by atoms with E-state index in [-0.39, 0.29) is 5.41 Å². The van der Waals surface area contributed by atoms with E-state index < -0.39 is 0 Å². The van der Waals surface area contributed by atoms with Crippen molar-refractivity contribution in [2.75, 3.05) is 6.61 Å². The van der Waals surface area contributed by atoms with Gasteiger partial charge in [-0.15, -0.1) is 0 Å². The predicted octanol–water partition coefficient (Wildman–Crippen LogP) is 2.91. The van der Waals surface area contributed by atoms with Crippen LogP contribution in [0, 0.1) is 5.41 Å². The Hall–Kier alpha value is -0.930. The molecule has 0 spiro atoms. The van der Waals surface area contributed by atoms with E-state index in [1.54, 1.807) is 0 Å². The van der Waals surface area contributed by atoms with Crippen LogP contribution in [0.4, 0.5) is 0 Å². The molecule has 0 bridgehead atoms. The molecule has 0 atom stereocenters. The van der Waals surface area contributed by atoms with Crippen molar-refractivity contribution in [3.8, 4) is 0 Å². The summed E-state index contributed by atoms with van der Waals surface area (Å²) in [7, 11) is 0. The fourth-order valence-corrected chi connectivity index (χ4v) is 1.32. The molecule has 0 unspecified atom stereocenters. The van der Waals surface area contributed by atoms with Gasteiger partial charge < -0.3 is 10.5 Å². The maximum atomic E-state index is 5.64. The summed E-state index contributed by atoms with van der Waals surface area (Å²) in [4.78, 5) is 0.552. The van der Waals surface area contributed by atoms with Gasteiger partial charge >= 0.3 is 0 Å². The minimum atomic E-state index is -0.119. The first-order chi connectivity index (χ1) is 7.52. The molecule has 0 fully saturated rings. The molecule has 0 aromatic heterocycles. The summed E-state index contributed by atoms with van der Waals surface area (Å²) < 4.78 is 5.59. The SMILES string of the molecule is CC(C)(CCOCc1ccccc1)C(N)=S. The minimum Gasteiger partial charge on any atom is -0.393 e. The van der Waals surface area contributed by atoms with E-state index >= 15 is 0 Å². The number of hydrogen-bond donors (Lipinski definition) is 1. The summed E-state index contributed by atoms with van der Waals surface area (Å²) in [5, 5.41) is 0. The van der Waals surface area contributed by atoms with Crippen LogP contribution in [0.1, 0.15) is 25.8 Å². The van der Waals surface area contributed by atoms with E-state index in [0.717, 1.165) is 6.42 Å². The summed E-state index contributed by atoms with van der Waals surface area (Å²) in [6.45, 7) is 5.41. The molecule has 1 aromatic rings. The zero-order chi connectivity index (χ0) is 12.0. The third kappa shape index (κ3) is 4.29. The smallest absolute Gasteiger partial charge is 0.0785 e. The Bertz CT molecular complexity index is 335. The molecule has 0 heterocycles. The van der Waals surface area contributed by atoms with Crippen LogP contribution >= 0.6 is 12.2 Å². The predicted molar refractivity (Wildman–Crippen MR) is 71.3 cm³/mol. The number of benzene rings is 1. The zero-order valence-electron chi connectivity index (χ0n) is 9.90. The first kappa shape index (κ1) is 13.1.